The molecule has 2 aromatic carbocycles. The maximum atomic E-state index is 13.4. The molecule has 21 heavy (non-hydrogen) atoms. The van der Waals surface area contributed by atoms with Crippen molar-refractivity contribution < 1.29 is 4.39 Å². The van der Waals surface area contributed by atoms with Crippen LogP contribution in [0.3, 0.4) is 0 Å². The largest absolute Gasteiger partial charge is 0.383 e. The van der Waals surface area contributed by atoms with E-state index >= 15 is 0 Å². The van der Waals surface area contributed by atoms with Gasteiger partial charge in [0.1, 0.15) is 23.2 Å². The normalized spacial score (nSPS) is 10.8. The van der Waals surface area contributed by atoms with Gasteiger partial charge in [0.15, 0.2) is 0 Å². The molecule has 0 saturated heterocycles. The second-order valence-corrected chi connectivity index (χ2v) is 4.97. The standard InChI is InChI=1S/C17H16FN3/c1-12-20-16(14-8-5-9-15(18)10-14)17(19)21(12)11-13-6-3-2-4-7-13/h2-10H,11,19H2,1H3. The Labute approximate surface area is 122 Å². The smallest absolute Gasteiger partial charge is 0.132 e. The predicted molar refractivity (Wildman–Crippen MR) is 82.3 cm³/mol. The Kier molecular flexibility index (Phi) is 3.44. The minimum absolute atomic E-state index is 0.290. The fourth-order valence-corrected chi connectivity index (χ4v) is 2.40. The number of aromatic nitrogens is 2. The Morgan fingerprint density at radius 2 is 1.86 bits per heavy atom. The van der Waals surface area contributed by atoms with Crippen molar-refractivity contribution in [1.29, 1.82) is 0 Å². The van der Waals surface area contributed by atoms with Gasteiger partial charge < -0.3 is 10.3 Å². The summed E-state index contributed by atoms with van der Waals surface area (Å²) in [5, 5.41) is 0. The number of aryl methyl sites for hydroxylation is 1. The van der Waals surface area contributed by atoms with Crippen LogP contribution in [-0.4, -0.2) is 9.55 Å². The van der Waals surface area contributed by atoms with Crippen LogP contribution in [0, 0.1) is 12.7 Å². The highest BCUT2D eigenvalue weighted by Gasteiger charge is 2.14. The lowest BCUT2D eigenvalue weighted by Crippen LogP contribution is -2.06. The molecule has 3 aromatic rings. The van der Waals surface area contributed by atoms with Crippen LogP contribution in [-0.2, 0) is 6.54 Å². The highest BCUT2D eigenvalue weighted by atomic mass is 19.1. The molecule has 2 N–H and O–H groups in total. The summed E-state index contributed by atoms with van der Waals surface area (Å²) in [6.07, 6.45) is 0. The molecule has 3 rings (SSSR count). The van der Waals surface area contributed by atoms with Crippen molar-refractivity contribution in [3.8, 4) is 11.3 Å². The van der Waals surface area contributed by atoms with Crippen LogP contribution in [0.25, 0.3) is 11.3 Å². The first-order valence-corrected chi connectivity index (χ1v) is 6.77. The average Bonchev–Trinajstić information content (AvgIpc) is 2.76. The van der Waals surface area contributed by atoms with E-state index in [1.54, 1.807) is 6.07 Å². The van der Waals surface area contributed by atoms with Gasteiger partial charge in [0.25, 0.3) is 0 Å². The summed E-state index contributed by atoms with van der Waals surface area (Å²) in [5.74, 6) is 1.08. The summed E-state index contributed by atoms with van der Waals surface area (Å²) >= 11 is 0. The molecule has 0 atom stereocenters. The van der Waals surface area contributed by atoms with Crippen molar-refractivity contribution in [3.63, 3.8) is 0 Å². The van der Waals surface area contributed by atoms with Crippen molar-refractivity contribution >= 4 is 5.82 Å². The SMILES string of the molecule is Cc1nc(-c2cccc(F)c2)c(N)n1Cc1ccccc1. The van der Waals surface area contributed by atoms with E-state index in [9.17, 15) is 4.39 Å². The third-order valence-corrected chi connectivity index (χ3v) is 3.48. The van der Waals surface area contributed by atoms with Crippen LogP contribution in [0.2, 0.25) is 0 Å². The Hall–Kier alpha value is -2.62. The molecule has 0 aliphatic rings. The molecule has 0 amide bonds. The average molecular weight is 281 g/mol. The summed E-state index contributed by atoms with van der Waals surface area (Å²) in [5.41, 5.74) is 8.69. The zero-order chi connectivity index (χ0) is 14.8. The maximum Gasteiger partial charge on any atom is 0.132 e. The number of rotatable bonds is 3. The molecule has 0 saturated carbocycles. The maximum absolute atomic E-state index is 13.4. The summed E-state index contributed by atoms with van der Waals surface area (Å²) in [6.45, 7) is 2.56. The van der Waals surface area contributed by atoms with E-state index in [1.807, 2.05) is 47.9 Å². The zero-order valence-corrected chi connectivity index (χ0v) is 11.8. The van der Waals surface area contributed by atoms with Gasteiger partial charge in [0.05, 0.1) is 6.54 Å². The highest BCUT2D eigenvalue weighted by molar-refractivity contribution is 5.71. The molecule has 0 fully saturated rings. The monoisotopic (exact) mass is 281 g/mol. The Bertz CT molecular complexity index is 763. The van der Waals surface area contributed by atoms with Gasteiger partial charge in [0.2, 0.25) is 0 Å². The Morgan fingerprint density at radius 1 is 1.10 bits per heavy atom. The van der Waals surface area contributed by atoms with E-state index in [0.29, 0.717) is 23.6 Å². The van der Waals surface area contributed by atoms with Crippen LogP contribution < -0.4 is 5.73 Å². The first-order chi connectivity index (χ1) is 10.1. The summed E-state index contributed by atoms with van der Waals surface area (Å²) in [6, 6.07) is 16.4. The quantitative estimate of drug-likeness (QED) is 0.796. The fraction of sp³-hybridized carbons (Fsp3) is 0.118. The Balaban J connectivity index is 2.01. The van der Waals surface area contributed by atoms with Gasteiger partial charge in [-0.15, -0.1) is 0 Å². The molecule has 0 radical (unpaired) electrons. The summed E-state index contributed by atoms with van der Waals surface area (Å²) in [4.78, 5) is 4.49. The highest BCUT2D eigenvalue weighted by Crippen LogP contribution is 2.27. The van der Waals surface area contributed by atoms with Crippen molar-refractivity contribution in [2.24, 2.45) is 0 Å². The molecule has 0 bridgehead atoms. The van der Waals surface area contributed by atoms with Crippen LogP contribution in [0.1, 0.15) is 11.4 Å². The first kappa shape index (κ1) is 13.4. The van der Waals surface area contributed by atoms with Crippen LogP contribution >= 0.6 is 0 Å². The fourth-order valence-electron chi connectivity index (χ4n) is 2.40. The number of hydrogen-bond acceptors (Lipinski definition) is 2. The number of anilines is 1. The van der Waals surface area contributed by atoms with Gasteiger partial charge in [0, 0.05) is 5.56 Å². The van der Waals surface area contributed by atoms with Gasteiger partial charge in [-0.3, -0.25) is 0 Å². The van der Waals surface area contributed by atoms with Gasteiger partial charge in [-0.25, -0.2) is 9.37 Å². The number of imidazole rings is 1. The molecule has 3 nitrogen and oxygen atoms in total. The van der Waals surface area contributed by atoms with E-state index in [4.69, 9.17) is 5.73 Å². The van der Waals surface area contributed by atoms with Crippen molar-refractivity contribution in [3.05, 3.63) is 71.8 Å². The molecule has 106 valence electrons. The van der Waals surface area contributed by atoms with Gasteiger partial charge >= 0.3 is 0 Å². The van der Waals surface area contributed by atoms with E-state index in [1.165, 1.54) is 12.1 Å². The third kappa shape index (κ3) is 2.65. The number of nitrogens with two attached hydrogens (primary N) is 1. The van der Waals surface area contributed by atoms with E-state index in [-0.39, 0.29) is 5.82 Å². The second-order valence-electron chi connectivity index (χ2n) is 4.97. The second kappa shape index (κ2) is 5.40. The Morgan fingerprint density at radius 3 is 2.57 bits per heavy atom. The van der Waals surface area contributed by atoms with Crippen LogP contribution in [0.4, 0.5) is 10.2 Å². The summed E-state index contributed by atoms with van der Waals surface area (Å²) in [7, 11) is 0. The van der Waals surface area contributed by atoms with E-state index < -0.39 is 0 Å². The molecule has 1 heterocycles. The topological polar surface area (TPSA) is 43.8 Å². The lowest BCUT2D eigenvalue weighted by molar-refractivity contribution is 0.628. The molecule has 0 spiro atoms. The third-order valence-electron chi connectivity index (χ3n) is 3.48. The first-order valence-electron chi connectivity index (χ1n) is 6.77. The van der Waals surface area contributed by atoms with E-state index in [0.717, 1.165) is 11.4 Å². The van der Waals surface area contributed by atoms with Gasteiger partial charge in [-0.05, 0) is 24.6 Å². The minimum Gasteiger partial charge on any atom is -0.383 e. The van der Waals surface area contributed by atoms with Crippen LogP contribution in [0.15, 0.2) is 54.6 Å². The zero-order valence-electron chi connectivity index (χ0n) is 11.8. The van der Waals surface area contributed by atoms with Gasteiger partial charge in [-0.2, -0.15) is 0 Å². The van der Waals surface area contributed by atoms with Gasteiger partial charge in [-0.1, -0.05) is 42.5 Å². The number of nitrogen functional groups attached to an aromatic ring is 1. The number of benzene rings is 2. The molecular weight excluding hydrogens is 265 g/mol. The molecule has 1 aromatic heterocycles. The molecule has 4 heteroatoms. The molecular formula is C17H16FN3. The van der Waals surface area contributed by atoms with Crippen molar-refractivity contribution in [2.75, 3.05) is 5.73 Å². The van der Waals surface area contributed by atoms with E-state index in [2.05, 4.69) is 4.98 Å². The number of nitrogens with zero attached hydrogens (tertiary/aromatic N) is 2. The molecule has 0 aliphatic heterocycles. The predicted octanol–water partition coefficient (Wildman–Crippen LogP) is 3.63. The lowest BCUT2D eigenvalue weighted by Gasteiger charge is -2.08. The minimum atomic E-state index is -0.290. The van der Waals surface area contributed by atoms with Crippen molar-refractivity contribution in [2.45, 2.75) is 13.5 Å². The summed E-state index contributed by atoms with van der Waals surface area (Å²) < 4.78 is 15.3. The molecule has 0 aliphatic carbocycles. The number of halogens is 1. The van der Waals surface area contributed by atoms with Crippen LogP contribution in [0.5, 0.6) is 0 Å². The number of hydrogen-bond donors (Lipinski definition) is 1. The molecule has 0 unspecified atom stereocenters. The lowest BCUT2D eigenvalue weighted by atomic mass is 10.1. The van der Waals surface area contributed by atoms with Crippen molar-refractivity contribution in [1.82, 2.24) is 9.55 Å².